The van der Waals surface area contributed by atoms with Gasteiger partial charge in [-0.1, -0.05) is 25.4 Å². The molecular weight excluding hydrogens is 278 g/mol. The van der Waals surface area contributed by atoms with Gasteiger partial charge in [-0.15, -0.1) is 0 Å². The standard InChI is InChI=1S/C15H18ClNO3/c1-3-13(18)10-4-5-11(16)12(8-10)17-15(19)14-9(2)6-7-20-14/h4-5,8-9,14H,3,6-7H2,1-2H3,(H,17,19)/t9-,14+/m1/s1. The van der Waals surface area contributed by atoms with Gasteiger partial charge in [0.15, 0.2) is 5.78 Å². The molecule has 4 nitrogen and oxygen atoms in total. The zero-order valence-corrected chi connectivity index (χ0v) is 12.4. The van der Waals surface area contributed by atoms with Crippen molar-refractivity contribution in [3.05, 3.63) is 28.8 Å². The molecule has 1 amide bonds. The Morgan fingerprint density at radius 2 is 2.20 bits per heavy atom. The third kappa shape index (κ3) is 3.19. The number of Topliss-reactive ketones (excluding diaryl/α,β-unsaturated/α-hetero) is 1. The van der Waals surface area contributed by atoms with E-state index in [-0.39, 0.29) is 17.6 Å². The molecule has 5 heteroatoms. The SMILES string of the molecule is CCC(=O)c1ccc(Cl)c(NC(=O)[C@H]2OCC[C@H]2C)c1. The smallest absolute Gasteiger partial charge is 0.253 e. The van der Waals surface area contributed by atoms with Gasteiger partial charge in [-0.05, 0) is 30.5 Å². The number of ketones is 1. The molecule has 1 fully saturated rings. The van der Waals surface area contributed by atoms with Gasteiger partial charge >= 0.3 is 0 Å². The van der Waals surface area contributed by atoms with E-state index in [0.29, 0.717) is 29.3 Å². The molecular formula is C15H18ClNO3. The van der Waals surface area contributed by atoms with Gasteiger partial charge in [0, 0.05) is 18.6 Å². The highest BCUT2D eigenvalue weighted by molar-refractivity contribution is 6.34. The minimum Gasteiger partial charge on any atom is -0.368 e. The topological polar surface area (TPSA) is 55.4 Å². The predicted octanol–water partition coefficient (Wildman–Crippen LogP) is 3.30. The van der Waals surface area contributed by atoms with E-state index < -0.39 is 6.10 Å². The molecule has 1 saturated heterocycles. The van der Waals surface area contributed by atoms with Crippen LogP contribution < -0.4 is 5.32 Å². The summed E-state index contributed by atoms with van der Waals surface area (Å²) in [7, 11) is 0. The van der Waals surface area contributed by atoms with Crippen LogP contribution in [0.5, 0.6) is 0 Å². The summed E-state index contributed by atoms with van der Waals surface area (Å²) >= 11 is 6.06. The molecule has 1 N–H and O–H groups in total. The van der Waals surface area contributed by atoms with Crippen molar-refractivity contribution in [3.8, 4) is 0 Å². The van der Waals surface area contributed by atoms with E-state index in [9.17, 15) is 9.59 Å². The van der Waals surface area contributed by atoms with Crippen molar-refractivity contribution < 1.29 is 14.3 Å². The molecule has 0 unspecified atom stereocenters. The zero-order chi connectivity index (χ0) is 14.7. The maximum atomic E-state index is 12.1. The molecule has 2 rings (SSSR count). The molecule has 2 atom stereocenters. The van der Waals surface area contributed by atoms with Crippen molar-refractivity contribution in [1.29, 1.82) is 0 Å². The largest absolute Gasteiger partial charge is 0.368 e. The molecule has 1 aromatic rings. The summed E-state index contributed by atoms with van der Waals surface area (Å²) in [6.45, 7) is 4.38. The second-order valence-corrected chi connectivity index (χ2v) is 5.43. The van der Waals surface area contributed by atoms with Crippen molar-refractivity contribution >= 4 is 29.0 Å². The van der Waals surface area contributed by atoms with Crippen LogP contribution in [-0.4, -0.2) is 24.4 Å². The van der Waals surface area contributed by atoms with Crippen LogP contribution in [0.4, 0.5) is 5.69 Å². The fraction of sp³-hybridized carbons (Fsp3) is 0.467. The van der Waals surface area contributed by atoms with Crippen molar-refractivity contribution in [2.75, 3.05) is 11.9 Å². The molecule has 0 saturated carbocycles. The number of carbonyl (C=O) groups excluding carboxylic acids is 2. The molecule has 108 valence electrons. The normalized spacial score (nSPS) is 21.8. The van der Waals surface area contributed by atoms with E-state index in [1.807, 2.05) is 6.92 Å². The van der Waals surface area contributed by atoms with Gasteiger partial charge < -0.3 is 10.1 Å². The summed E-state index contributed by atoms with van der Waals surface area (Å²) in [5, 5.41) is 3.17. The fourth-order valence-electron chi connectivity index (χ4n) is 2.23. The van der Waals surface area contributed by atoms with Gasteiger partial charge in [0.1, 0.15) is 6.10 Å². The summed E-state index contributed by atoms with van der Waals surface area (Å²) in [5.41, 5.74) is 1.01. The molecule has 0 radical (unpaired) electrons. The second-order valence-electron chi connectivity index (χ2n) is 5.02. The number of amides is 1. The van der Waals surface area contributed by atoms with Crippen molar-refractivity contribution in [1.82, 2.24) is 0 Å². The number of halogens is 1. The first-order valence-electron chi connectivity index (χ1n) is 6.78. The molecule has 0 bridgehead atoms. The number of hydrogen-bond donors (Lipinski definition) is 1. The summed E-state index contributed by atoms with van der Waals surface area (Å²) in [6.07, 6.45) is 0.842. The Morgan fingerprint density at radius 1 is 1.45 bits per heavy atom. The number of benzene rings is 1. The molecule has 20 heavy (non-hydrogen) atoms. The zero-order valence-electron chi connectivity index (χ0n) is 11.6. The van der Waals surface area contributed by atoms with Gasteiger partial charge in [-0.3, -0.25) is 9.59 Å². The summed E-state index contributed by atoms with van der Waals surface area (Å²) in [6, 6.07) is 4.91. The Morgan fingerprint density at radius 3 is 2.80 bits per heavy atom. The Balaban J connectivity index is 2.16. The number of carbonyl (C=O) groups is 2. The van der Waals surface area contributed by atoms with Crippen LogP contribution in [-0.2, 0) is 9.53 Å². The van der Waals surface area contributed by atoms with Gasteiger partial charge in [-0.2, -0.15) is 0 Å². The molecule has 1 aliphatic heterocycles. The third-order valence-electron chi connectivity index (χ3n) is 3.51. The van der Waals surface area contributed by atoms with Crippen LogP contribution in [0.3, 0.4) is 0 Å². The van der Waals surface area contributed by atoms with Crippen LogP contribution in [0, 0.1) is 5.92 Å². The van der Waals surface area contributed by atoms with Gasteiger partial charge in [0.2, 0.25) is 0 Å². The molecule has 0 aliphatic carbocycles. The average molecular weight is 296 g/mol. The first kappa shape index (κ1) is 15.0. The summed E-state index contributed by atoms with van der Waals surface area (Å²) < 4.78 is 5.42. The van der Waals surface area contributed by atoms with Crippen LogP contribution in [0.2, 0.25) is 5.02 Å². The molecule has 1 aromatic carbocycles. The Kier molecular flexibility index (Phi) is 4.78. The highest BCUT2D eigenvalue weighted by atomic mass is 35.5. The predicted molar refractivity (Wildman–Crippen MR) is 78.2 cm³/mol. The second kappa shape index (κ2) is 6.37. The van der Waals surface area contributed by atoms with Crippen molar-refractivity contribution in [2.24, 2.45) is 5.92 Å². The van der Waals surface area contributed by atoms with E-state index in [1.54, 1.807) is 25.1 Å². The first-order valence-corrected chi connectivity index (χ1v) is 7.16. The highest BCUT2D eigenvalue weighted by Gasteiger charge is 2.31. The lowest BCUT2D eigenvalue weighted by atomic mass is 10.0. The number of hydrogen-bond acceptors (Lipinski definition) is 3. The molecule has 1 aliphatic rings. The van der Waals surface area contributed by atoms with E-state index in [1.165, 1.54) is 0 Å². The number of anilines is 1. The fourth-order valence-corrected chi connectivity index (χ4v) is 2.40. The third-order valence-corrected chi connectivity index (χ3v) is 3.84. The molecule has 0 spiro atoms. The lowest BCUT2D eigenvalue weighted by Gasteiger charge is -2.15. The summed E-state index contributed by atoms with van der Waals surface area (Å²) in [5.74, 6) is -0.00474. The maximum absolute atomic E-state index is 12.1. The first-order chi connectivity index (χ1) is 9.52. The van der Waals surface area contributed by atoms with Gasteiger partial charge in [0.25, 0.3) is 5.91 Å². The van der Waals surface area contributed by atoms with Crippen molar-refractivity contribution in [2.45, 2.75) is 32.8 Å². The number of ether oxygens (including phenoxy) is 1. The monoisotopic (exact) mass is 295 g/mol. The maximum Gasteiger partial charge on any atom is 0.253 e. The summed E-state index contributed by atoms with van der Waals surface area (Å²) in [4.78, 5) is 23.8. The quantitative estimate of drug-likeness (QED) is 0.867. The van der Waals surface area contributed by atoms with Crippen LogP contribution in [0.25, 0.3) is 0 Å². The Labute approximate surface area is 123 Å². The number of nitrogens with one attached hydrogen (secondary N) is 1. The van der Waals surface area contributed by atoms with Crippen molar-refractivity contribution in [3.63, 3.8) is 0 Å². The minimum atomic E-state index is -0.448. The average Bonchev–Trinajstić information content (AvgIpc) is 2.86. The highest BCUT2D eigenvalue weighted by Crippen LogP contribution is 2.26. The van der Waals surface area contributed by atoms with Crippen LogP contribution in [0.1, 0.15) is 37.0 Å². The lowest BCUT2D eigenvalue weighted by Crippen LogP contribution is -2.31. The van der Waals surface area contributed by atoms with Gasteiger partial charge in [-0.25, -0.2) is 0 Å². The van der Waals surface area contributed by atoms with Crippen LogP contribution >= 0.6 is 11.6 Å². The van der Waals surface area contributed by atoms with E-state index in [0.717, 1.165) is 6.42 Å². The molecule has 0 aromatic heterocycles. The Bertz CT molecular complexity index is 530. The Hall–Kier alpha value is -1.39. The lowest BCUT2D eigenvalue weighted by molar-refractivity contribution is -0.126. The minimum absolute atomic E-state index is 0.0163. The van der Waals surface area contributed by atoms with E-state index in [4.69, 9.17) is 16.3 Å². The number of rotatable bonds is 4. The molecule has 1 heterocycles. The van der Waals surface area contributed by atoms with E-state index >= 15 is 0 Å². The van der Waals surface area contributed by atoms with E-state index in [2.05, 4.69) is 5.32 Å². The van der Waals surface area contributed by atoms with Gasteiger partial charge in [0.05, 0.1) is 10.7 Å². The van der Waals surface area contributed by atoms with Crippen LogP contribution in [0.15, 0.2) is 18.2 Å².